The summed E-state index contributed by atoms with van der Waals surface area (Å²) >= 11 is 6.46. The fourth-order valence-corrected chi connectivity index (χ4v) is 4.51. The lowest BCUT2D eigenvalue weighted by Gasteiger charge is -2.23. The summed E-state index contributed by atoms with van der Waals surface area (Å²) in [6.45, 7) is 1.69. The molecule has 1 fully saturated rings. The third-order valence-electron chi connectivity index (χ3n) is 6.02. The number of piperidine rings is 1. The molecular weight excluding hydrogens is 484 g/mol. The zero-order chi connectivity index (χ0) is 24.6. The van der Waals surface area contributed by atoms with Crippen molar-refractivity contribution in [3.05, 3.63) is 59.9 Å². The average Bonchev–Trinajstić information content (AvgIpc) is 3.51. The van der Waals surface area contributed by atoms with Gasteiger partial charge in [-0.05, 0) is 43.7 Å². The summed E-state index contributed by atoms with van der Waals surface area (Å²) in [6.07, 6.45) is 6.51. The van der Waals surface area contributed by atoms with Gasteiger partial charge in [0.1, 0.15) is 30.0 Å². The predicted octanol–water partition coefficient (Wildman–Crippen LogP) is 3.07. The molecule has 182 valence electrons. The van der Waals surface area contributed by atoms with Crippen LogP contribution in [0.3, 0.4) is 0 Å². The van der Waals surface area contributed by atoms with E-state index in [4.69, 9.17) is 22.1 Å². The van der Waals surface area contributed by atoms with Gasteiger partial charge in [0.15, 0.2) is 17.0 Å². The molecule has 6 rings (SSSR count). The number of nitrogens with two attached hydrogens (primary N) is 1. The largest absolute Gasteiger partial charge is 0.456 e. The number of hydrogen-bond donors (Lipinski definition) is 3. The number of fused-ring (bicyclic) bond motifs is 2. The van der Waals surface area contributed by atoms with Crippen LogP contribution in [0, 0.1) is 0 Å². The molecule has 1 aliphatic heterocycles. The van der Waals surface area contributed by atoms with Crippen LogP contribution in [0.5, 0.6) is 11.5 Å². The van der Waals surface area contributed by atoms with Crippen LogP contribution in [0.25, 0.3) is 16.7 Å². The minimum Gasteiger partial charge on any atom is -0.456 e. The number of halogens is 1. The number of carbonyl (C=O) groups is 1. The fourth-order valence-electron chi connectivity index (χ4n) is 4.29. The lowest BCUT2D eigenvalue weighted by atomic mass is 10.1. The smallest absolute Gasteiger partial charge is 0.277 e. The van der Waals surface area contributed by atoms with Crippen LogP contribution in [-0.2, 0) is 0 Å². The van der Waals surface area contributed by atoms with Crippen LogP contribution in [0.2, 0.25) is 5.02 Å². The average molecular weight is 505 g/mol. The van der Waals surface area contributed by atoms with Crippen molar-refractivity contribution in [3.8, 4) is 11.5 Å². The number of aromatic nitrogens is 7. The first-order valence-electron chi connectivity index (χ1n) is 11.3. The number of benzene rings is 1. The molecule has 4 N–H and O–H groups in total. The van der Waals surface area contributed by atoms with Gasteiger partial charge in [0, 0.05) is 24.5 Å². The van der Waals surface area contributed by atoms with Crippen LogP contribution in [0.4, 0.5) is 11.5 Å². The number of carbonyl (C=O) groups excluding carboxylic acids is 1. The highest BCUT2D eigenvalue weighted by Gasteiger charge is 2.26. The molecule has 0 spiro atoms. The summed E-state index contributed by atoms with van der Waals surface area (Å²) in [5.41, 5.74) is 7.94. The summed E-state index contributed by atoms with van der Waals surface area (Å²) in [5, 5.41) is 15.6. The highest BCUT2D eigenvalue weighted by molar-refractivity contribution is 6.32. The lowest BCUT2D eigenvalue weighted by molar-refractivity contribution is 0.102. The molecule has 5 heterocycles. The monoisotopic (exact) mass is 504 g/mol. The summed E-state index contributed by atoms with van der Waals surface area (Å²) in [4.78, 5) is 25.8. The quantitative estimate of drug-likeness (QED) is 0.328. The van der Waals surface area contributed by atoms with Gasteiger partial charge in [-0.3, -0.25) is 4.79 Å². The van der Waals surface area contributed by atoms with Gasteiger partial charge in [0.2, 0.25) is 0 Å². The number of ether oxygens (including phenoxy) is 1. The van der Waals surface area contributed by atoms with Crippen molar-refractivity contribution in [2.75, 3.05) is 24.1 Å². The first-order valence-corrected chi connectivity index (χ1v) is 11.7. The van der Waals surface area contributed by atoms with Crippen LogP contribution >= 0.6 is 11.6 Å². The third-order valence-corrected chi connectivity index (χ3v) is 6.32. The molecule has 36 heavy (non-hydrogen) atoms. The van der Waals surface area contributed by atoms with Crippen molar-refractivity contribution in [2.24, 2.45) is 0 Å². The van der Waals surface area contributed by atoms with Crippen LogP contribution in [0.15, 0.2) is 49.2 Å². The molecule has 1 amide bonds. The van der Waals surface area contributed by atoms with Gasteiger partial charge in [-0.2, -0.15) is 10.2 Å². The summed E-state index contributed by atoms with van der Waals surface area (Å²) in [5.74, 6) is 0.743. The molecule has 0 saturated carbocycles. The predicted molar refractivity (Wildman–Crippen MR) is 133 cm³/mol. The maximum atomic E-state index is 13.3. The van der Waals surface area contributed by atoms with E-state index in [1.165, 1.54) is 12.7 Å². The van der Waals surface area contributed by atoms with Gasteiger partial charge >= 0.3 is 0 Å². The number of pyridine rings is 1. The number of nitrogens with zero attached hydrogens (tertiary/aromatic N) is 7. The Morgan fingerprint density at radius 2 is 2.11 bits per heavy atom. The molecule has 5 aromatic rings. The minimum atomic E-state index is -0.439. The van der Waals surface area contributed by atoms with E-state index in [1.807, 2.05) is 0 Å². The van der Waals surface area contributed by atoms with Crippen LogP contribution in [-0.4, -0.2) is 53.3 Å². The second-order valence-electron chi connectivity index (χ2n) is 8.38. The lowest BCUT2D eigenvalue weighted by Crippen LogP contribution is -2.32. The van der Waals surface area contributed by atoms with Crippen LogP contribution in [0.1, 0.15) is 29.4 Å². The van der Waals surface area contributed by atoms with E-state index in [0.29, 0.717) is 38.9 Å². The van der Waals surface area contributed by atoms with Crippen molar-refractivity contribution < 1.29 is 9.53 Å². The Labute approximate surface area is 209 Å². The first-order chi connectivity index (χ1) is 17.6. The molecule has 0 radical (unpaired) electrons. The molecule has 13 heteroatoms. The zero-order valence-corrected chi connectivity index (χ0v) is 19.7. The van der Waals surface area contributed by atoms with Crippen molar-refractivity contribution >= 4 is 45.7 Å². The first kappa shape index (κ1) is 22.2. The molecule has 1 saturated heterocycles. The molecule has 12 nitrogen and oxygen atoms in total. The Morgan fingerprint density at radius 3 is 2.94 bits per heavy atom. The SMILES string of the molecule is Nc1ncnc2c1c(C(=O)Nc1ccc(Oc3ccn4ncnc4c3)c(Cl)c1)nn2[C@@H]1CCCNC1. The number of amides is 1. The van der Waals surface area contributed by atoms with Crippen molar-refractivity contribution in [3.63, 3.8) is 0 Å². The fraction of sp³-hybridized carbons (Fsp3) is 0.217. The molecular formula is C23H21ClN10O2. The van der Waals surface area contributed by atoms with Gasteiger partial charge in [-0.15, -0.1) is 0 Å². The highest BCUT2D eigenvalue weighted by atomic mass is 35.5. The number of hydrogen-bond acceptors (Lipinski definition) is 9. The minimum absolute atomic E-state index is 0.0694. The Morgan fingerprint density at radius 1 is 1.19 bits per heavy atom. The molecule has 0 unspecified atom stereocenters. The second-order valence-corrected chi connectivity index (χ2v) is 8.78. The standard InChI is InChI=1S/C23H21ClN10O2/c24-16-8-13(3-4-17(16)36-15-5-7-33-18(9-15)27-12-30-33)31-23(35)20-19-21(25)28-11-29-22(19)34(32-20)14-2-1-6-26-10-14/h3-5,7-9,11-12,14,26H,1-2,6,10H2,(H,31,35)(H2,25,28,29)/t14-/m1/s1. The molecule has 0 aliphatic carbocycles. The normalized spacial score (nSPS) is 15.9. The van der Waals surface area contributed by atoms with E-state index >= 15 is 0 Å². The van der Waals surface area contributed by atoms with Crippen molar-refractivity contribution in [1.29, 1.82) is 0 Å². The van der Waals surface area contributed by atoms with E-state index in [9.17, 15) is 4.79 Å². The van der Waals surface area contributed by atoms with Crippen LogP contribution < -0.4 is 21.1 Å². The molecule has 4 aromatic heterocycles. The third kappa shape index (κ3) is 4.06. The van der Waals surface area contributed by atoms with Crippen molar-refractivity contribution in [1.82, 2.24) is 39.7 Å². The Hall–Kier alpha value is -4.29. The van der Waals surface area contributed by atoms with E-state index in [0.717, 1.165) is 25.9 Å². The molecule has 1 aliphatic rings. The molecule has 0 bridgehead atoms. The Kier molecular flexibility index (Phi) is 5.58. The summed E-state index contributed by atoms with van der Waals surface area (Å²) < 4.78 is 9.29. The van der Waals surface area contributed by atoms with Crippen molar-refractivity contribution in [2.45, 2.75) is 18.9 Å². The maximum absolute atomic E-state index is 13.3. The van der Waals surface area contributed by atoms with E-state index < -0.39 is 5.91 Å². The summed E-state index contributed by atoms with van der Waals surface area (Å²) in [7, 11) is 0. The van der Waals surface area contributed by atoms with Gasteiger partial charge in [-0.1, -0.05) is 11.6 Å². The topological polar surface area (TPSA) is 150 Å². The van der Waals surface area contributed by atoms with E-state index in [2.05, 4.69) is 35.8 Å². The zero-order valence-electron chi connectivity index (χ0n) is 18.9. The number of nitrogen functional groups attached to an aromatic ring is 1. The number of anilines is 2. The molecule has 1 atom stereocenters. The Bertz CT molecular complexity index is 1590. The van der Waals surface area contributed by atoms with Gasteiger partial charge in [0.25, 0.3) is 5.91 Å². The van der Waals surface area contributed by atoms with Gasteiger partial charge in [-0.25, -0.2) is 24.1 Å². The molecule has 1 aromatic carbocycles. The van der Waals surface area contributed by atoms with E-state index in [-0.39, 0.29) is 17.6 Å². The van der Waals surface area contributed by atoms with Gasteiger partial charge in [0.05, 0.1) is 16.5 Å². The maximum Gasteiger partial charge on any atom is 0.277 e. The van der Waals surface area contributed by atoms with E-state index in [1.54, 1.807) is 45.7 Å². The van der Waals surface area contributed by atoms with Gasteiger partial charge < -0.3 is 21.1 Å². The summed E-state index contributed by atoms with van der Waals surface area (Å²) in [6, 6.07) is 8.54. The number of nitrogens with one attached hydrogen (secondary N) is 2. The number of rotatable bonds is 5. The highest BCUT2D eigenvalue weighted by Crippen LogP contribution is 2.33. The second kappa shape index (κ2) is 9.06. The Balaban J connectivity index is 1.25.